The van der Waals surface area contributed by atoms with Crippen molar-refractivity contribution in [3.63, 3.8) is 0 Å². The van der Waals surface area contributed by atoms with Gasteiger partial charge in [-0.3, -0.25) is 9.59 Å². The van der Waals surface area contributed by atoms with E-state index in [1.807, 2.05) is 85.8 Å². The average Bonchev–Trinajstić information content (AvgIpc) is 2.87. The molecule has 1 atom stereocenters. The number of nitrogens with one attached hydrogen (secondary N) is 1. The summed E-state index contributed by atoms with van der Waals surface area (Å²) >= 11 is 3.45. The Kier molecular flexibility index (Phi) is 9.71. The molecule has 34 heavy (non-hydrogen) atoms. The molecule has 0 aliphatic rings. The lowest BCUT2D eigenvalue weighted by molar-refractivity contribution is -0.142. The van der Waals surface area contributed by atoms with E-state index in [-0.39, 0.29) is 18.4 Å². The molecule has 0 aromatic heterocycles. The predicted octanol–water partition coefficient (Wildman–Crippen LogP) is 5.17. The lowest BCUT2D eigenvalue weighted by Gasteiger charge is -2.31. The highest BCUT2D eigenvalue weighted by Crippen LogP contribution is 2.18. The second-order valence-electron chi connectivity index (χ2n) is 8.03. The zero-order chi connectivity index (χ0) is 24.3. The van der Waals surface area contributed by atoms with Crippen molar-refractivity contribution in [3.8, 4) is 5.75 Å². The maximum absolute atomic E-state index is 13.5. The molecule has 0 aliphatic heterocycles. The van der Waals surface area contributed by atoms with Crippen LogP contribution in [0, 0.1) is 0 Å². The van der Waals surface area contributed by atoms with E-state index in [1.165, 1.54) is 5.56 Å². The molecule has 0 saturated heterocycles. The molecule has 0 bridgehead atoms. The van der Waals surface area contributed by atoms with Crippen molar-refractivity contribution in [2.75, 3.05) is 13.2 Å². The van der Waals surface area contributed by atoms with Crippen LogP contribution in [0.25, 0.3) is 0 Å². The lowest BCUT2D eigenvalue weighted by atomic mass is 10.0. The van der Waals surface area contributed by atoms with Crippen LogP contribution in [0.1, 0.15) is 30.5 Å². The number of likely N-dealkylation sites (N-methyl/N-ethyl adjacent to an activating group) is 1. The number of amides is 2. The summed E-state index contributed by atoms with van der Waals surface area (Å²) < 4.78 is 6.77. The van der Waals surface area contributed by atoms with Crippen molar-refractivity contribution in [1.29, 1.82) is 0 Å². The highest BCUT2D eigenvalue weighted by atomic mass is 79.9. The van der Waals surface area contributed by atoms with Gasteiger partial charge in [0.2, 0.25) is 5.91 Å². The maximum Gasteiger partial charge on any atom is 0.261 e. The summed E-state index contributed by atoms with van der Waals surface area (Å²) in [6.07, 6.45) is 1.36. The van der Waals surface area contributed by atoms with Crippen LogP contribution in [0.15, 0.2) is 83.3 Å². The number of hydrogen-bond donors (Lipinski definition) is 1. The normalized spacial score (nSPS) is 11.5. The Labute approximate surface area is 210 Å². The van der Waals surface area contributed by atoms with Crippen molar-refractivity contribution >= 4 is 27.7 Å². The summed E-state index contributed by atoms with van der Waals surface area (Å²) in [6.45, 7) is 4.62. The Morgan fingerprint density at radius 3 is 2.15 bits per heavy atom. The fraction of sp³-hybridized carbons (Fsp3) is 0.286. The van der Waals surface area contributed by atoms with Gasteiger partial charge in [-0.2, -0.15) is 0 Å². The van der Waals surface area contributed by atoms with Crippen molar-refractivity contribution in [2.45, 2.75) is 39.3 Å². The zero-order valence-corrected chi connectivity index (χ0v) is 21.3. The van der Waals surface area contributed by atoms with E-state index in [1.54, 1.807) is 4.90 Å². The van der Waals surface area contributed by atoms with Gasteiger partial charge in [-0.15, -0.1) is 0 Å². The van der Waals surface area contributed by atoms with Gasteiger partial charge in [0.25, 0.3) is 5.91 Å². The standard InChI is InChI=1S/C28H31BrN2O3/c1-3-21-12-16-25(17-13-21)34-20-27(32)31(19-23-10-14-24(29)15-11-23)26(28(33)30-4-2)18-22-8-6-5-7-9-22/h5-17,26H,3-4,18-20H2,1-2H3,(H,30,33). The molecular formula is C28H31BrN2O3. The third kappa shape index (κ3) is 7.45. The van der Waals surface area contributed by atoms with Crippen LogP contribution < -0.4 is 10.1 Å². The van der Waals surface area contributed by atoms with Gasteiger partial charge in [-0.05, 0) is 54.3 Å². The van der Waals surface area contributed by atoms with Crippen molar-refractivity contribution in [2.24, 2.45) is 0 Å². The minimum absolute atomic E-state index is 0.146. The molecule has 0 spiro atoms. The van der Waals surface area contributed by atoms with Gasteiger partial charge < -0.3 is 15.0 Å². The fourth-order valence-electron chi connectivity index (χ4n) is 3.68. The molecule has 1 N–H and O–H groups in total. The van der Waals surface area contributed by atoms with Gasteiger partial charge in [0.15, 0.2) is 6.61 Å². The number of carbonyl (C=O) groups is 2. The van der Waals surface area contributed by atoms with Crippen LogP contribution >= 0.6 is 15.9 Å². The molecule has 0 saturated carbocycles. The van der Waals surface area contributed by atoms with E-state index in [2.05, 4.69) is 28.2 Å². The molecule has 5 nitrogen and oxygen atoms in total. The molecule has 6 heteroatoms. The minimum atomic E-state index is -0.662. The molecular weight excluding hydrogens is 492 g/mol. The molecule has 0 aliphatic carbocycles. The number of carbonyl (C=O) groups excluding carboxylic acids is 2. The van der Waals surface area contributed by atoms with E-state index >= 15 is 0 Å². The molecule has 0 heterocycles. The monoisotopic (exact) mass is 522 g/mol. The van der Waals surface area contributed by atoms with Gasteiger partial charge >= 0.3 is 0 Å². The number of halogens is 1. The zero-order valence-electron chi connectivity index (χ0n) is 19.7. The predicted molar refractivity (Wildman–Crippen MR) is 139 cm³/mol. The Morgan fingerprint density at radius 1 is 0.882 bits per heavy atom. The Hall–Kier alpha value is -3.12. The summed E-state index contributed by atoms with van der Waals surface area (Å²) in [6, 6.07) is 24.6. The van der Waals surface area contributed by atoms with Crippen LogP contribution in [0.4, 0.5) is 0 Å². The second-order valence-corrected chi connectivity index (χ2v) is 8.95. The molecule has 1 unspecified atom stereocenters. The van der Waals surface area contributed by atoms with Crippen molar-refractivity contribution in [1.82, 2.24) is 10.2 Å². The maximum atomic E-state index is 13.5. The number of aryl methyl sites for hydroxylation is 1. The van der Waals surface area contributed by atoms with E-state index in [9.17, 15) is 9.59 Å². The first-order valence-electron chi connectivity index (χ1n) is 11.6. The van der Waals surface area contributed by atoms with Crippen LogP contribution in [-0.4, -0.2) is 35.9 Å². The van der Waals surface area contributed by atoms with Crippen LogP contribution in [0.3, 0.4) is 0 Å². The summed E-state index contributed by atoms with van der Waals surface area (Å²) in [5, 5.41) is 2.90. The molecule has 3 aromatic carbocycles. The minimum Gasteiger partial charge on any atom is -0.484 e. The Morgan fingerprint density at radius 2 is 1.53 bits per heavy atom. The third-order valence-electron chi connectivity index (χ3n) is 5.58. The summed E-state index contributed by atoms with van der Waals surface area (Å²) in [5.74, 6) is 0.213. The molecule has 0 fully saturated rings. The molecule has 3 aromatic rings. The SMILES string of the molecule is CCNC(=O)C(Cc1ccccc1)N(Cc1ccc(Br)cc1)C(=O)COc1ccc(CC)cc1. The second kappa shape index (κ2) is 12.9. The molecule has 0 radical (unpaired) electrons. The first-order valence-corrected chi connectivity index (χ1v) is 12.4. The highest BCUT2D eigenvalue weighted by molar-refractivity contribution is 9.10. The van der Waals surface area contributed by atoms with Crippen LogP contribution in [0.2, 0.25) is 0 Å². The fourth-order valence-corrected chi connectivity index (χ4v) is 3.95. The highest BCUT2D eigenvalue weighted by Gasteiger charge is 2.30. The number of ether oxygens (including phenoxy) is 1. The van der Waals surface area contributed by atoms with Crippen LogP contribution in [0.5, 0.6) is 5.75 Å². The Bertz CT molecular complexity index is 1050. The van der Waals surface area contributed by atoms with Gasteiger partial charge in [0, 0.05) is 24.0 Å². The lowest BCUT2D eigenvalue weighted by Crippen LogP contribution is -2.51. The van der Waals surface area contributed by atoms with E-state index in [0.717, 1.165) is 22.0 Å². The molecule has 3 rings (SSSR count). The van der Waals surface area contributed by atoms with Gasteiger partial charge in [-0.25, -0.2) is 0 Å². The van der Waals surface area contributed by atoms with Gasteiger partial charge in [0.05, 0.1) is 0 Å². The first-order chi connectivity index (χ1) is 16.5. The third-order valence-corrected chi connectivity index (χ3v) is 6.11. The van der Waals surface area contributed by atoms with Crippen molar-refractivity contribution < 1.29 is 14.3 Å². The molecule has 2 amide bonds. The van der Waals surface area contributed by atoms with E-state index in [0.29, 0.717) is 25.3 Å². The summed E-state index contributed by atoms with van der Waals surface area (Å²) in [7, 11) is 0. The number of hydrogen-bond acceptors (Lipinski definition) is 3. The summed E-state index contributed by atoms with van der Waals surface area (Å²) in [4.78, 5) is 28.2. The number of rotatable bonds is 11. The van der Waals surface area contributed by atoms with E-state index < -0.39 is 6.04 Å². The smallest absolute Gasteiger partial charge is 0.261 e. The van der Waals surface area contributed by atoms with Crippen LogP contribution in [-0.2, 0) is 29.0 Å². The quantitative estimate of drug-likeness (QED) is 0.378. The van der Waals surface area contributed by atoms with E-state index in [4.69, 9.17) is 4.74 Å². The van der Waals surface area contributed by atoms with Gasteiger partial charge in [0.1, 0.15) is 11.8 Å². The summed E-state index contributed by atoms with van der Waals surface area (Å²) in [5.41, 5.74) is 3.13. The number of nitrogens with zero attached hydrogens (tertiary/aromatic N) is 1. The van der Waals surface area contributed by atoms with Crippen molar-refractivity contribution in [3.05, 3.63) is 100 Å². The van der Waals surface area contributed by atoms with Gasteiger partial charge in [-0.1, -0.05) is 77.5 Å². The largest absolute Gasteiger partial charge is 0.484 e. The number of benzene rings is 3. The molecule has 178 valence electrons. The first kappa shape index (κ1) is 25.5. The Balaban J connectivity index is 1.85. The topological polar surface area (TPSA) is 58.6 Å². The average molecular weight is 523 g/mol.